The van der Waals surface area contributed by atoms with E-state index in [0.29, 0.717) is 46.5 Å². The summed E-state index contributed by atoms with van der Waals surface area (Å²) < 4.78 is 14.1. The zero-order valence-corrected chi connectivity index (χ0v) is 30.6. The van der Waals surface area contributed by atoms with Crippen molar-refractivity contribution in [1.29, 1.82) is 5.26 Å². The van der Waals surface area contributed by atoms with E-state index in [1.165, 1.54) is 18.3 Å². The molecule has 1 aliphatic rings. The quantitative estimate of drug-likeness (QED) is 0.0522. The van der Waals surface area contributed by atoms with E-state index in [1.807, 2.05) is 29.0 Å². The van der Waals surface area contributed by atoms with E-state index < -0.39 is 23.5 Å². The molecule has 1 saturated heterocycles. The molecule has 4 N–H and O–H groups in total. The number of ether oxygens (including phenoxy) is 2. The first kappa shape index (κ1) is 39.1. The number of carboxylic acid groups (broad SMARTS) is 1. The first-order valence-corrected chi connectivity index (χ1v) is 18.1. The topological polar surface area (TPSA) is 209 Å². The monoisotopic (exact) mass is 769 g/mol. The number of nitro groups is 1. The minimum absolute atomic E-state index is 0.00178. The SMILES string of the molecule is N#Cc1cncc(COc2cc(OCc3cccc(-c4cccc5c4cnn5CCCCN4CC[C@@H](O)C4)c3[N+](=O)[O-])c(Cl)cc2CNC(CO)C(=O)O)c1. The van der Waals surface area contributed by atoms with Crippen LogP contribution >= 0.6 is 11.6 Å². The number of likely N-dealkylation sites (tertiary alicyclic amines) is 1. The van der Waals surface area contributed by atoms with E-state index in [1.54, 1.807) is 36.7 Å². The van der Waals surface area contributed by atoms with Gasteiger partial charge in [0.05, 0.1) is 51.1 Å². The third-order valence-electron chi connectivity index (χ3n) is 9.46. The van der Waals surface area contributed by atoms with E-state index >= 15 is 0 Å². The van der Waals surface area contributed by atoms with Gasteiger partial charge in [0.1, 0.15) is 36.8 Å². The van der Waals surface area contributed by atoms with Gasteiger partial charge in [-0.05, 0) is 61.7 Å². The number of β-amino-alcohol motifs (C(OH)–C–C–N with tert-alkyl or cyclic N) is 1. The van der Waals surface area contributed by atoms with Gasteiger partial charge in [0.2, 0.25) is 0 Å². The fourth-order valence-corrected chi connectivity index (χ4v) is 6.88. The summed E-state index contributed by atoms with van der Waals surface area (Å²) in [4.78, 5) is 30.1. The number of aryl methyl sites for hydroxylation is 1. The number of rotatable bonds is 18. The number of aliphatic hydroxyl groups excluding tert-OH is 2. The lowest BCUT2D eigenvalue weighted by Crippen LogP contribution is -2.39. The molecule has 1 unspecified atom stereocenters. The summed E-state index contributed by atoms with van der Waals surface area (Å²) in [5, 5.41) is 58.9. The summed E-state index contributed by atoms with van der Waals surface area (Å²) in [6.07, 6.45) is 7.11. The van der Waals surface area contributed by atoms with Gasteiger partial charge in [0.15, 0.2) is 0 Å². The molecule has 1 fully saturated rings. The van der Waals surface area contributed by atoms with Crippen LogP contribution in [0.5, 0.6) is 11.5 Å². The smallest absolute Gasteiger partial charge is 0.323 e. The van der Waals surface area contributed by atoms with Crippen LogP contribution in [0, 0.1) is 21.4 Å². The molecule has 3 aromatic carbocycles. The summed E-state index contributed by atoms with van der Waals surface area (Å²) in [7, 11) is 0. The van der Waals surface area contributed by atoms with E-state index in [2.05, 4.69) is 20.3 Å². The van der Waals surface area contributed by atoms with Crippen molar-refractivity contribution in [2.45, 2.75) is 57.7 Å². The number of unbranched alkanes of at least 4 members (excludes halogenated alkanes) is 1. The van der Waals surface area contributed by atoms with Crippen molar-refractivity contribution < 1.29 is 34.5 Å². The Morgan fingerprint density at radius 3 is 2.58 bits per heavy atom. The number of aromatic nitrogens is 3. The Kier molecular flexibility index (Phi) is 12.9. The molecule has 0 aliphatic carbocycles. The molecule has 0 spiro atoms. The number of nitrogens with zero attached hydrogens (tertiary/aromatic N) is 6. The molecule has 0 bridgehead atoms. The van der Waals surface area contributed by atoms with Gasteiger partial charge in [0.25, 0.3) is 5.69 Å². The molecule has 16 heteroatoms. The fourth-order valence-electron chi connectivity index (χ4n) is 6.64. The zero-order valence-electron chi connectivity index (χ0n) is 29.8. The second-order valence-electron chi connectivity index (χ2n) is 13.2. The number of pyridine rings is 1. The van der Waals surface area contributed by atoms with Crippen molar-refractivity contribution in [3.63, 3.8) is 0 Å². The van der Waals surface area contributed by atoms with Crippen LogP contribution in [0.25, 0.3) is 22.0 Å². The summed E-state index contributed by atoms with van der Waals surface area (Å²) >= 11 is 6.64. The lowest BCUT2D eigenvalue weighted by molar-refractivity contribution is -0.385. The van der Waals surface area contributed by atoms with Crippen molar-refractivity contribution in [2.75, 3.05) is 26.2 Å². The number of nitro benzene ring substituents is 1. The molecule has 5 aromatic rings. The molecule has 2 aromatic heterocycles. The molecule has 286 valence electrons. The maximum absolute atomic E-state index is 12.7. The highest BCUT2D eigenvalue weighted by Crippen LogP contribution is 2.39. The third kappa shape index (κ3) is 9.55. The van der Waals surface area contributed by atoms with Crippen molar-refractivity contribution in [3.05, 3.63) is 111 Å². The lowest BCUT2D eigenvalue weighted by atomic mass is 9.97. The molecule has 0 amide bonds. The van der Waals surface area contributed by atoms with Crippen molar-refractivity contribution in [2.24, 2.45) is 0 Å². The van der Waals surface area contributed by atoms with Crippen LogP contribution in [0.3, 0.4) is 0 Å². The Morgan fingerprint density at radius 1 is 1.05 bits per heavy atom. The first-order valence-electron chi connectivity index (χ1n) is 17.8. The summed E-state index contributed by atoms with van der Waals surface area (Å²) in [6.45, 7) is 2.32. The molecular weight excluding hydrogens is 730 g/mol. The predicted octanol–water partition coefficient (Wildman–Crippen LogP) is 5.07. The molecule has 0 saturated carbocycles. The molecular formula is C39H40ClN7O8. The Morgan fingerprint density at radius 2 is 1.84 bits per heavy atom. The molecule has 2 atom stereocenters. The van der Waals surface area contributed by atoms with Crippen LogP contribution in [-0.2, 0) is 31.1 Å². The van der Waals surface area contributed by atoms with Crippen LogP contribution in [-0.4, -0.2) is 84.3 Å². The van der Waals surface area contributed by atoms with Gasteiger partial charge in [-0.2, -0.15) is 10.4 Å². The van der Waals surface area contributed by atoms with Crippen LogP contribution in [0.2, 0.25) is 5.02 Å². The standard InChI is InChI=1S/C39H40ClN7O8/c40-33-14-28(19-43-34(22-48)39(50)51)36(54-23-26-13-25(16-41)17-42-18-26)15-37(33)55-24-27-5-3-7-31(38(27)47(52)53)30-6-4-8-35-32(30)20-44-46(35)11-2-1-10-45-12-9-29(49)21-45/h3-8,13-15,17-18,20,29,34,43,48-49H,1-2,9-12,19,21-24H2,(H,50,51)/t29-,34?/m1/s1. The fraction of sp³-hybridized carbons (Fsp3) is 0.333. The van der Waals surface area contributed by atoms with E-state index in [4.69, 9.17) is 21.1 Å². The van der Waals surface area contributed by atoms with Crippen molar-refractivity contribution >= 4 is 34.2 Å². The number of fused-ring (bicyclic) bond motifs is 1. The maximum atomic E-state index is 12.7. The normalized spacial score (nSPS) is 14.8. The number of carboxylic acids is 1. The molecule has 1 aliphatic heterocycles. The third-order valence-corrected chi connectivity index (χ3v) is 9.75. The number of hydrogen-bond acceptors (Lipinski definition) is 12. The Bertz CT molecular complexity index is 2210. The lowest BCUT2D eigenvalue weighted by Gasteiger charge is -2.18. The molecule has 15 nitrogen and oxygen atoms in total. The number of aliphatic carboxylic acids is 1. The Balaban J connectivity index is 1.23. The molecule has 6 rings (SSSR count). The summed E-state index contributed by atoms with van der Waals surface area (Å²) in [6, 6.07) is 16.1. The second-order valence-corrected chi connectivity index (χ2v) is 13.6. The highest BCUT2D eigenvalue weighted by atomic mass is 35.5. The Labute approximate surface area is 321 Å². The van der Waals surface area contributed by atoms with E-state index in [-0.39, 0.29) is 48.1 Å². The van der Waals surface area contributed by atoms with Crippen LogP contribution < -0.4 is 14.8 Å². The average Bonchev–Trinajstić information content (AvgIpc) is 3.80. The van der Waals surface area contributed by atoms with Gasteiger partial charge >= 0.3 is 5.97 Å². The zero-order chi connectivity index (χ0) is 38.9. The highest BCUT2D eigenvalue weighted by molar-refractivity contribution is 6.32. The summed E-state index contributed by atoms with van der Waals surface area (Å²) in [5.41, 5.74) is 3.50. The Hall–Kier alpha value is -5.63. The maximum Gasteiger partial charge on any atom is 0.323 e. The number of aliphatic hydroxyl groups is 2. The number of benzene rings is 3. The van der Waals surface area contributed by atoms with Gasteiger partial charge in [-0.1, -0.05) is 29.8 Å². The predicted molar refractivity (Wildman–Crippen MR) is 203 cm³/mol. The number of halogens is 1. The minimum Gasteiger partial charge on any atom is -0.488 e. The number of nitriles is 1. The highest BCUT2D eigenvalue weighted by Gasteiger charge is 2.25. The number of para-hydroxylation sites is 1. The van der Waals surface area contributed by atoms with Gasteiger partial charge in [0, 0.05) is 61.2 Å². The average molecular weight is 770 g/mol. The van der Waals surface area contributed by atoms with Crippen LogP contribution in [0.4, 0.5) is 5.69 Å². The van der Waals surface area contributed by atoms with Gasteiger partial charge in [-0.3, -0.25) is 29.9 Å². The van der Waals surface area contributed by atoms with Crippen LogP contribution in [0.1, 0.15) is 41.5 Å². The largest absolute Gasteiger partial charge is 0.488 e. The van der Waals surface area contributed by atoms with Crippen LogP contribution in [0.15, 0.2) is 73.2 Å². The molecule has 3 heterocycles. The van der Waals surface area contributed by atoms with Gasteiger partial charge in [-0.15, -0.1) is 0 Å². The molecule has 0 radical (unpaired) electrons. The van der Waals surface area contributed by atoms with E-state index in [9.17, 15) is 35.5 Å². The second kappa shape index (κ2) is 18.1. The first-order chi connectivity index (χ1) is 26.6. The number of hydrogen-bond donors (Lipinski definition) is 4. The number of nitrogens with one attached hydrogen (secondary N) is 1. The minimum atomic E-state index is -1.24. The number of carbonyl (C=O) groups is 1. The van der Waals surface area contributed by atoms with E-state index in [0.717, 1.165) is 43.3 Å². The van der Waals surface area contributed by atoms with Gasteiger partial charge < -0.3 is 29.7 Å². The molecule has 55 heavy (non-hydrogen) atoms. The summed E-state index contributed by atoms with van der Waals surface area (Å²) in [5.74, 6) is -0.821. The van der Waals surface area contributed by atoms with Crippen molar-refractivity contribution in [3.8, 4) is 28.7 Å². The van der Waals surface area contributed by atoms with Gasteiger partial charge in [-0.25, -0.2) is 0 Å². The van der Waals surface area contributed by atoms with Crippen molar-refractivity contribution in [1.82, 2.24) is 25.0 Å².